The van der Waals surface area contributed by atoms with Gasteiger partial charge in [0, 0.05) is 6.07 Å². The maximum atomic E-state index is 5.90. The van der Waals surface area contributed by atoms with Crippen LogP contribution in [-0.4, -0.2) is 16.2 Å². The van der Waals surface area contributed by atoms with Crippen LogP contribution in [0.25, 0.3) is 0 Å². The van der Waals surface area contributed by atoms with Crippen molar-refractivity contribution < 1.29 is 4.74 Å². The van der Waals surface area contributed by atoms with E-state index in [0.29, 0.717) is 16.2 Å². The molecule has 0 atom stereocenters. The third-order valence-electron chi connectivity index (χ3n) is 2.39. The third kappa shape index (κ3) is 3.37. The highest BCUT2D eigenvalue weighted by molar-refractivity contribution is 7.98. The van der Waals surface area contributed by atoms with Crippen LogP contribution in [0, 0.1) is 0 Å². The number of nitrogens with zero attached hydrogens (tertiary/aromatic N) is 2. The van der Waals surface area contributed by atoms with Crippen LogP contribution in [-0.2, 0) is 6.42 Å². The summed E-state index contributed by atoms with van der Waals surface area (Å²) in [7, 11) is 0. The molecule has 1 aromatic carbocycles. The molecular weight excluding hydrogens is 268 g/mol. The van der Waals surface area contributed by atoms with Crippen molar-refractivity contribution in [2.24, 2.45) is 0 Å². The number of thioether (sulfide) groups is 1. The molecule has 1 heterocycles. The number of hydrogen-bond acceptors (Lipinski definition) is 4. The molecule has 0 aliphatic rings. The van der Waals surface area contributed by atoms with Crippen LogP contribution in [0.5, 0.6) is 11.6 Å². The molecule has 18 heavy (non-hydrogen) atoms. The Morgan fingerprint density at radius 3 is 2.56 bits per heavy atom. The van der Waals surface area contributed by atoms with E-state index in [4.69, 9.17) is 16.3 Å². The van der Waals surface area contributed by atoms with Gasteiger partial charge >= 0.3 is 0 Å². The maximum absolute atomic E-state index is 5.90. The van der Waals surface area contributed by atoms with E-state index in [1.54, 1.807) is 6.07 Å². The highest BCUT2D eigenvalue weighted by atomic mass is 35.5. The quantitative estimate of drug-likeness (QED) is 0.477. The topological polar surface area (TPSA) is 35.0 Å². The molecule has 0 unspecified atom stereocenters. The van der Waals surface area contributed by atoms with E-state index < -0.39 is 0 Å². The first-order valence-electron chi connectivity index (χ1n) is 5.56. The van der Waals surface area contributed by atoms with E-state index in [2.05, 4.69) is 16.9 Å². The van der Waals surface area contributed by atoms with E-state index in [1.165, 1.54) is 17.3 Å². The number of halogens is 1. The van der Waals surface area contributed by atoms with E-state index >= 15 is 0 Å². The van der Waals surface area contributed by atoms with Gasteiger partial charge in [-0.15, -0.1) is 0 Å². The van der Waals surface area contributed by atoms with Crippen molar-refractivity contribution in [2.45, 2.75) is 18.5 Å². The fraction of sp³-hybridized carbons (Fsp3) is 0.231. The van der Waals surface area contributed by atoms with Crippen molar-refractivity contribution in [3.8, 4) is 11.6 Å². The van der Waals surface area contributed by atoms with E-state index in [-0.39, 0.29) is 0 Å². The first kappa shape index (κ1) is 13.2. The lowest BCUT2D eigenvalue weighted by atomic mass is 10.2. The number of ether oxygens (including phenoxy) is 1. The van der Waals surface area contributed by atoms with Gasteiger partial charge in [-0.05, 0) is 30.4 Å². The zero-order valence-corrected chi connectivity index (χ0v) is 11.8. The Morgan fingerprint density at radius 1 is 1.22 bits per heavy atom. The van der Waals surface area contributed by atoms with Gasteiger partial charge in [-0.25, -0.2) is 4.98 Å². The van der Waals surface area contributed by atoms with Crippen molar-refractivity contribution >= 4 is 23.4 Å². The Balaban J connectivity index is 2.19. The molecule has 0 N–H and O–H groups in total. The molecule has 2 rings (SSSR count). The monoisotopic (exact) mass is 280 g/mol. The molecule has 1 aromatic heterocycles. The summed E-state index contributed by atoms with van der Waals surface area (Å²) in [6.07, 6.45) is 2.90. The summed E-state index contributed by atoms with van der Waals surface area (Å²) in [4.78, 5) is 8.29. The molecule has 0 amide bonds. The van der Waals surface area contributed by atoms with Gasteiger partial charge in [0.05, 0.1) is 0 Å². The Kier molecular flexibility index (Phi) is 4.44. The summed E-state index contributed by atoms with van der Waals surface area (Å²) in [5.74, 6) is 1.21. The highest BCUT2D eigenvalue weighted by Crippen LogP contribution is 2.24. The summed E-state index contributed by atoms with van der Waals surface area (Å²) in [6.45, 7) is 2.12. The minimum absolute atomic E-state index is 0.384. The average molecular weight is 281 g/mol. The zero-order chi connectivity index (χ0) is 13.0. The van der Waals surface area contributed by atoms with Gasteiger partial charge in [0.2, 0.25) is 5.88 Å². The average Bonchev–Trinajstić information content (AvgIpc) is 2.39. The van der Waals surface area contributed by atoms with Crippen LogP contribution in [0.4, 0.5) is 0 Å². The molecule has 0 aliphatic heterocycles. The molecule has 0 aliphatic carbocycles. The van der Waals surface area contributed by atoms with Crippen LogP contribution >= 0.6 is 23.4 Å². The van der Waals surface area contributed by atoms with Crippen molar-refractivity contribution in [2.75, 3.05) is 6.26 Å². The fourth-order valence-electron chi connectivity index (χ4n) is 1.43. The standard InChI is InChI=1S/C13H13ClN2OS/c1-3-9-4-6-10(7-5-9)17-12-8-11(14)15-13(16-12)18-2/h4-8H,3H2,1-2H3. The van der Waals surface area contributed by atoms with Crippen LogP contribution in [0.1, 0.15) is 12.5 Å². The van der Waals surface area contributed by atoms with Crippen LogP contribution < -0.4 is 4.74 Å². The molecule has 0 bridgehead atoms. The Labute approximate surface area is 116 Å². The van der Waals surface area contributed by atoms with Gasteiger partial charge in [-0.2, -0.15) is 4.98 Å². The summed E-state index contributed by atoms with van der Waals surface area (Å²) in [5, 5.41) is 0.984. The molecule has 0 saturated heterocycles. The normalized spacial score (nSPS) is 10.4. The molecular formula is C13H13ClN2OS. The second-order valence-corrected chi connectivity index (χ2v) is 4.78. The first-order chi connectivity index (χ1) is 8.71. The second-order valence-electron chi connectivity index (χ2n) is 3.62. The lowest BCUT2D eigenvalue weighted by Gasteiger charge is -2.06. The number of benzene rings is 1. The summed E-state index contributed by atoms with van der Waals surface area (Å²) < 4.78 is 5.65. The van der Waals surface area contributed by atoms with Crippen LogP contribution in [0.3, 0.4) is 0 Å². The maximum Gasteiger partial charge on any atom is 0.224 e. The Bertz CT molecular complexity index is 531. The van der Waals surface area contributed by atoms with Crippen molar-refractivity contribution in [1.82, 2.24) is 9.97 Å². The molecule has 0 saturated carbocycles. The molecule has 94 valence electrons. The highest BCUT2D eigenvalue weighted by Gasteiger charge is 2.04. The first-order valence-corrected chi connectivity index (χ1v) is 7.17. The van der Waals surface area contributed by atoms with E-state index in [1.807, 2.05) is 30.5 Å². The smallest absolute Gasteiger partial charge is 0.224 e. The lowest BCUT2D eigenvalue weighted by Crippen LogP contribution is -1.92. The van der Waals surface area contributed by atoms with Gasteiger partial charge in [-0.1, -0.05) is 42.4 Å². The second kappa shape index (κ2) is 6.07. The zero-order valence-electron chi connectivity index (χ0n) is 10.2. The third-order valence-corrected chi connectivity index (χ3v) is 3.13. The van der Waals surface area contributed by atoms with Crippen molar-refractivity contribution in [3.05, 3.63) is 41.0 Å². The van der Waals surface area contributed by atoms with Crippen LogP contribution in [0.15, 0.2) is 35.5 Å². The largest absolute Gasteiger partial charge is 0.439 e. The molecule has 5 heteroatoms. The number of aromatic nitrogens is 2. The summed E-state index contributed by atoms with van der Waals surface area (Å²) in [5.41, 5.74) is 1.27. The predicted octanol–water partition coefficient (Wildman–Crippen LogP) is 4.21. The number of aryl methyl sites for hydroxylation is 1. The van der Waals surface area contributed by atoms with Gasteiger partial charge in [0.1, 0.15) is 10.9 Å². The van der Waals surface area contributed by atoms with E-state index in [9.17, 15) is 0 Å². The van der Waals surface area contributed by atoms with Crippen LogP contribution in [0.2, 0.25) is 5.15 Å². The molecule has 0 fully saturated rings. The Morgan fingerprint density at radius 2 is 1.94 bits per heavy atom. The molecule has 0 spiro atoms. The van der Waals surface area contributed by atoms with Gasteiger partial charge < -0.3 is 4.74 Å². The molecule has 0 radical (unpaired) electrons. The van der Waals surface area contributed by atoms with Gasteiger partial charge in [0.25, 0.3) is 0 Å². The van der Waals surface area contributed by atoms with E-state index in [0.717, 1.165) is 12.2 Å². The molecule has 2 aromatic rings. The van der Waals surface area contributed by atoms with Crippen molar-refractivity contribution in [3.63, 3.8) is 0 Å². The van der Waals surface area contributed by atoms with Crippen molar-refractivity contribution in [1.29, 1.82) is 0 Å². The predicted molar refractivity (Wildman–Crippen MR) is 74.7 cm³/mol. The lowest BCUT2D eigenvalue weighted by molar-refractivity contribution is 0.455. The van der Waals surface area contributed by atoms with Gasteiger partial charge in [-0.3, -0.25) is 0 Å². The number of rotatable bonds is 4. The minimum atomic E-state index is 0.384. The fourth-order valence-corrected chi connectivity index (χ4v) is 2.03. The molecule has 3 nitrogen and oxygen atoms in total. The Hall–Kier alpha value is -1.26. The summed E-state index contributed by atoms with van der Waals surface area (Å²) >= 11 is 7.33. The minimum Gasteiger partial charge on any atom is -0.439 e. The SMILES string of the molecule is CCc1ccc(Oc2cc(Cl)nc(SC)n2)cc1. The van der Waals surface area contributed by atoms with Gasteiger partial charge in [0.15, 0.2) is 5.16 Å². The summed E-state index contributed by atoms with van der Waals surface area (Å²) in [6, 6.07) is 9.53. The number of hydrogen-bond donors (Lipinski definition) is 0.